The monoisotopic (exact) mass is 353 g/mol. The van der Waals surface area contributed by atoms with E-state index in [1.54, 1.807) is 58.7 Å². The first-order valence-corrected chi connectivity index (χ1v) is 8.31. The van der Waals surface area contributed by atoms with E-state index in [1.165, 1.54) is 12.1 Å². The molecule has 0 aromatic heterocycles. The van der Waals surface area contributed by atoms with Crippen LogP contribution >= 0.6 is 0 Å². The molecule has 0 amide bonds. The molecule has 1 unspecified atom stereocenters. The number of esters is 2. The van der Waals surface area contributed by atoms with Crippen molar-refractivity contribution in [3.8, 4) is 0 Å². The van der Waals surface area contributed by atoms with Crippen LogP contribution in [0.3, 0.4) is 0 Å². The summed E-state index contributed by atoms with van der Waals surface area (Å²) in [5, 5.41) is 0. The van der Waals surface area contributed by atoms with Crippen LogP contribution in [0.15, 0.2) is 24.3 Å². The van der Waals surface area contributed by atoms with Gasteiger partial charge >= 0.3 is 11.9 Å². The third-order valence-electron chi connectivity index (χ3n) is 3.61. The molecule has 6 heteroatoms. The average molecular weight is 353 g/mol. The lowest BCUT2D eigenvalue weighted by Gasteiger charge is -2.32. The molecule has 1 rings (SSSR count). The molecule has 0 saturated heterocycles. The number of hydrogen-bond donors (Lipinski definition) is 0. The summed E-state index contributed by atoms with van der Waals surface area (Å²) < 4.78 is 23.7. The van der Waals surface area contributed by atoms with Crippen LogP contribution < -0.4 is 0 Å². The molecule has 0 aliphatic heterocycles. The van der Waals surface area contributed by atoms with Crippen LogP contribution in [0.2, 0.25) is 0 Å². The summed E-state index contributed by atoms with van der Waals surface area (Å²) in [7, 11) is 1.73. The normalized spacial score (nSPS) is 14.1. The maximum atomic E-state index is 13.2. The van der Waals surface area contributed by atoms with Crippen molar-refractivity contribution >= 4 is 11.9 Å². The van der Waals surface area contributed by atoms with Gasteiger partial charge in [0, 0.05) is 6.54 Å². The average Bonchev–Trinajstić information content (AvgIpc) is 2.45. The van der Waals surface area contributed by atoms with Crippen molar-refractivity contribution in [2.75, 3.05) is 26.7 Å². The predicted molar refractivity (Wildman–Crippen MR) is 93.7 cm³/mol. The van der Waals surface area contributed by atoms with E-state index in [4.69, 9.17) is 9.47 Å². The Morgan fingerprint density at radius 3 is 2.16 bits per heavy atom. The fourth-order valence-electron chi connectivity index (χ4n) is 2.57. The Kier molecular flexibility index (Phi) is 7.11. The maximum absolute atomic E-state index is 13.2. The fraction of sp³-hybridized carbons (Fsp3) is 0.579. The Bertz CT molecular complexity index is 594. The number of rotatable bonds is 7. The maximum Gasteiger partial charge on any atom is 0.320 e. The lowest BCUT2D eigenvalue weighted by Crippen LogP contribution is -2.46. The molecule has 1 atom stereocenters. The zero-order chi connectivity index (χ0) is 19.3. The van der Waals surface area contributed by atoms with Gasteiger partial charge in [-0.2, -0.15) is 0 Å². The standard InChI is InChI=1S/C19H28FNO4/c1-7-24-17(23)19(5,14-8-10-15(20)11-9-14)13-21(6)12-16(22)25-18(2,3)4/h8-11H,7,12-13H2,1-6H3. The highest BCUT2D eigenvalue weighted by Crippen LogP contribution is 2.27. The smallest absolute Gasteiger partial charge is 0.320 e. The summed E-state index contributed by atoms with van der Waals surface area (Å²) in [5.41, 5.74) is -0.969. The van der Waals surface area contributed by atoms with Gasteiger partial charge < -0.3 is 9.47 Å². The molecule has 140 valence electrons. The third-order valence-corrected chi connectivity index (χ3v) is 3.61. The molecule has 0 heterocycles. The van der Waals surface area contributed by atoms with Gasteiger partial charge in [0.05, 0.1) is 13.2 Å². The first-order valence-electron chi connectivity index (χ1n) is 8.31. The van der Waals surface area contributed by atoms with Crippen LogP contribution in [0.1, 0.15) is 40.2 Å². The van der Waals surface area contributed by atoms with E-state index in [-0.39, 0.29) is 31.5 Å². The highest BCUT2D eigenvalue weighted by atomic mass is 19.1. The Balaban J connectivity index is 2.95. The van der Waals surface area contributed by atoms with E-state index < -0.39 is 17.0 Å². The highest BCUT2D eigenvalue weighted by Gasteiger charge is 2.38. The van der Waals surface area contributed by atoms with Gasteiger partial charge in [0.2, 0.25) is 0 Å². The van der Waals surface area contributed by atoms with Crippen LogP contribution in [0, 0.1) is 5.82 Å². The van der Waals surface area contributed by atoms with Gasteiger partial charge in [-0.1, -0.05) is 12.1 Å². The highest BCUT2D eigenvalue weighted by molar-refractivity contribution is 5.83. The summed E-state index contributed by atoms with van der Waals surface area (Å²) in [6.45, 7) is 9.36. The minimum Gasteiger partial charge on any atom is -0.465 e. The van der Waals surface area contributed by atoms with E-state index in [2.05, 4.69) is 0 Å². The summed E-state index contributed by atoms with van der Waals surface area (Å²) in [6.07, 6.45) is 0. The number of nitrogens with zero attached hydrogens (tertiary/aromatic N) is 1. The molecule has 0 N–H and O–H groups in total. The van der Waals surface area contributed by atoms with Gasteiger partial charge in [0.1, 0.15) is 16.8 Å². The van der Waals surface area contributed by atoms with Crippen LogP contribution in [0.25, 0.3) is 0 Å². The summed E-state index contributed by atoms with van der Waals surface area (Å²) >= 11 is 0. The van der Waals surface area contributed by atoms with Crippen molar-refractivity contribution in [2.45, 2.75) is 45.6 Å². The second kappa shape index (κ2) is 8.43. The van der Waals surface area contributed by atoms with Gasteiger partial charge in [-0.3, -0.25) is 14.5 Å². The quantitative estimate of drug-likeness (QED) is 0.706. The van der Waals surface area contributed by atoms with Gasteiger partial charge in [0.25, 0.3) is 0 Å². The summed E-state index contributed by atoms with van der Waals surface area (Å²) in [5.74, 6) is -1.17. The largest absolute Gasteiger partial charge is 0.465 e. The number of carbonyl (C=O) groups is 2. The SMILES string of the molecule is CCOC(=O)C(C)(CN(C)CC(=O)OC(C)(C)C)c1ccc(F)cc1. The van der Waals surface area contributed by atoms with E-state index in [0.717, 1.165) is 0 Å². The Morgan fingerprint density at radius 1 is 1.12 bits per heavy atom. The number of ether oxygens (including phenoxy) is 2. The summed E-state index contributed by atoms with van der Waals surface area (Å²) in [4.78, 5) is 26.2. The lowest BCUT2D eigenvalue weighted by atomic mass is 9.82. The molecule has 25 heavy (non-hydrogen) atoms. The molecular weight excluding hydrogens is 325 g/mol. The van der Waals surface area contributed by atoms with Crippen molar-refractivity contribution in [3.05, 3.63) is 35.6 Å². The van der Waals surface area contributed by atoms with Gasteiger partial charge in [-0.15, -0.1) is 0 Å². The third kappa shape index (κ3) is 6.46. The van der Waals surface area contributed by atoms with E-state index in [0.29, 0.717) is 5.56 Å². The number of carbonyl (C=O) groups excluding carboxylic acids is 2. The minimum atomic E-state index is -1.03. The van der Waals surface area contributed by atoms with Gasteiger partial charge in [-0.25, -0.2) is 4.39 Å². The van der Waals surface area contributed by atoms with Crippen LogP contribution in [-0.4, -0.2) is 49.2 Å². The van der Waals surface area contributed by atoms with Crippen molar-refractivity contribution in [2.24, 2.45) is 0 Å². The Labute approximate surface area is 149 Å². The predicted octanol–water partition coefficient (Wildman–Crippen LogP) is 2.92. The van der Waals surface area contributed by atoms with Crippen molar-refractivity contribution < 1.29 is 23.5 Å². The van der Waals surface area contributed by atoms with E-state index in [9.17, 15) is 14.0 Å². The molecule has 0 aliphatic rings. The molecule has 0 aliphatic carbocycles. The van der Waals surface area contributed by atoms with Crippen molar-refractivity contribution in [1.82, 2.24) is 4.90 Å². The molecule has 1 aromatic rings. The Morgan fingerprint density at radius 2 is 1.68 bits per heavy atom. The van der Waals surface area contributed by atoms with E-state index >= 15 is 0 Å². The van der Waals surface area contributed by atoms with Crippen LogP contribution in [0.4, 0.5) is 4.39 Å². The molecule has 1 aromatic carbocycles. The molecule has 0 saturated carbocycles. The second-order valence-electron chi connectivity index (χ2n) is 7.32. The summed E-state index contributed by atoms with van der Waals surface area (Å²) in [6, 6.07) is 5.74. The topological polar surface area (TPSA) is 55.8 Å². The van der Waals surface area contributed by atoms with Gasteiger partial charge in [0.15, 0.2) is 0 Å². The second-order valence-corrected chi connectivity index (χ2v) is 7.32. The van der Waals surface area contributed by atoms with Crippen LogP contribution in [-0.2, 0) is 24.5 Å². The molecule has 5 nitrogen and oxygen atoms in total. The van der Waals surface area contributed by atoms with E-state index in [1.807, 2.05) is 0 Å². The van der Waals surface area contributed by atoms with Crippen molar-refractivity contribution in [1.29, 1.82) is 0 Å². The lowest BCUT2D eigenvalue weighted by molar-refractivity contribution is -0.157. The first-order chi connectivity index (χ1) is 11.5. The molecule has 0 bridgehead atoms. The number of benzene rings is 1. The fourth-order valence-corrected chi connectivity index (χ4v) is 2.57. The Hall–Kier alpha value is -1.95. The molecule has 0 radical (unpaired) electrons. The molecule has 0 fully saturated rings. The van der Waals surface area contributed by atoms with Crippen molar-refractivity contribution in [3.63, 3.8) is 0 Å². The van der Waals surface area contributed by atoms with Crippen LogP contribution in [0.5, 0.6) is 0 Å². The molecule has 0 spiro atoms. The zero-order valence-electron chi connectivity index (χ0n) is 15.9. The minimum absolute atomic E-state index is 0.0352. The first kappa shape index (κ1) is 21.1. The molecular formula is C19H28FNO4. The number of halogens is 1. The zero-order valence-corrected chi connectivity index (χ0v) is 15.9. The number of hydrogen-bond acceptors (Lipinski definition) is 5. The van der Waals surface area contributed by atoms with Gasteiger partial charge in [-0.05, 0) is 59.4 Å². The number of likely N-dealkylation sites (N-methyl/N-ethyl adjacent to an activating group) is 1.